The van der Waals surface area contributed by atoms with E-state index in [2.05, 4.69) is 27.4 Å². The number of rotatable bonds is 10. The number of urea groups is 1. The van der Waals surface area contributed by atoms with E-state index in [1.54, 1.807) is 37.5 Å². The van der Waals surface area contributed by atoms with Gasteiger partial charge in [-0.2, -0.15) is 0 Å². The molecule has 0 aliphatic rings. The molecule has 3 rings (SSSR count). The summed E-state index contributed by atoms with van der Waals surface area (Å²) in [7, 11) is 3.05. The van der Waals surface area contributed by atoms with Gasteiger partial charge in [-0.05, 0) is 29.8 Å². The fourth-order valence-corrected chi connectivity index (χ4v) is 3.96. The van der Waals surface area contributed by atoms with Crippen molar-refractivity contribution in [1.29, 1.82) is 0 Å². The number of ether oxygens (including phenoxy) is 2. The molecule has 3 amide bonds. The molecule has 3 aromatic rings. The van der Waals surface area contributed by atoms with E-state index in [0.717, 1.165) is 11.3 Å². The average molecular weight is 468 g/mol. The number of carbonyl (C=O) groups is 2. The van der Waals surface area contributed by atoms with Crippen LogP contribution in [-0.2, 0) is 17.9 Å². The molecule has 0 saturated carbocycles. The monoisotopic (exact) mass is 467 g/mol. The van der Waals surface area contributed by atoms with Crippen LogP contribution >= 0.6 is 11.8 Å². The number of benzene rings is 2. The third kappa shape index (κ3) is 6.36. The van der Waals surface area contributed by atoms with Crippen molar-refractivity contribution in [2.75, 3.05) is 14.2 Å². The van der Waals surface area contributed by atoms with Gasteiger partial charge >= 0.3 is 6.03 Å². The molecule has 33 heavy (non-hydrogen) atoms. The lowest BCUT2D eigenvalue weighted by Crippen LogP contribution is -2.39. The number of carbonyl (C=O) groups excluding carboxylic acids is 2. The number of allylic oxidation sites excluding steroid dienone is 1. The van der Waals surface area contributed by atoms with Gasteiger partial charge in [0.15, 0.2) is 11.0 Å². The number of hydrogen-bond donors (Lipinski definition) is 2. The van der Waals surface area contributed by atoms with Gasteiger partial charge in [0.2, 0.25) is 5.91 Å². The Morgan fingerprint density at radius 1 is 1.12 bits per heavy atom. The van der Waals surface area contributed by atoms with Crippen LogP contribution in [0.2, 0.25) is 0 Å². The lowest BCUT2D eigenvalue weighted by atomic mass is 10.1. The molecule has 0 saturated heterocycles. The van der Waals surface area contributed by atoms with Gasteiger partial charge in [0.05, 0.1) is 7.11 Å². The number of aromatic nitrogens is 3. The first-order chi connectivity index (χ1) is 16.0. The molecule has 2 N–H and O–H groups in total. The Balaban J connectivity index is 1.82. The standard InChI is InChI=1S/C23H25N5O4S/c1-4-14-28-19(15-32-18-12-10-17(31-3)11-13-18)26-27-23(28)33-20(16-8-6-5-7-9-16)21(29)25-22(30)24-2/h4-13,20H,1,14-15H2,2-3H3,(H2,24,25,29,30)/t20-/m0/s1. The predicted molar refractivity (Wildman–Crippen MR) is 125 cm³/mol. The highest BCUT2D eigenvalue weighted by Gasteiger charge is 2.26. The largest absolute Gasteiger partial charge is 0.497 e. The molecule has 1 heterocycles. The smallest absolute Gasteiger partial charge is 0.321 e. The minimum Gasteiger partial charge on any atom is -0.497 e. The van der Waals surface area contributed by atoms with E-state index in [9.17, 15) is 9.59 Å². The van der Waals surface area contributed by atoms with Gasteiger partial charge < -0.3 is 14.8 Å². The first-order valence-corrected chi connectivity index (χ1v) is 11.0. The van der Waals surface area contributed by atoms with E-state index in [0.29, 0.717) is 23.3 Å². The maximum atomic E-state index is 12.9. The van der Waals surface area contributed by atoms with Crippen LogP contribution in [0.5, 0.6) is 11.5 Å². The number of nitrogens with one attached hydrogen (secondary N) is 2. The van der Waals surface area contributed by atoms with Crippen LogP contribution < -0.4 is 20.1 Å². The predicted octanol–water partition coefficient (Wildman–Crippen LogP) is 3.34. The minimum absolute atomic E-state index is 0.175. The third-order valence-corrected chi connectivity index (χ3v) is 5.79. The summed E-state index contributed by atoms with van der Waals surface area (Å²) in [5.41, 5.74) is 0.730. The molecular weight excluding hydrogens is 442 g/mol. The Morgan fingerprint density at radius 3 is 2.45 bits per heavy atom. The van der Waals surface area contributed by atoms with Crippen LogP contribution in [0.15, 0.2) is 72.4 Å². The third-order valence-electron chi connectivity index (χ3n) is 4.56. The van der Waals surface area contributed by atoms with Crippen molar-refractivity contribution in [3.63, 3.8) is 0 Å². The molecule has 10 heteroatoms. The molecule has 0 aliphatic heterocycles. The molecule has 1 atom stereocenters. The lowest BCUT2D eigenvalue weighted by molar-refractivity contribution is -0.119. The second kappa shape index (κ2) is 11.7. The second-order valence-electron chi connectivity index (χ2n) is 6.74. The van der Waals surface area contributed by atoms with Crippen LogP contribution in [0.25, 0.3) is 0 Å². The Bertz CT molecular complexity index is 1090. The van der Waals surface area contributed by atoms with Gasteiger partial charge in [0.1, 0.15) is 23.4 Å². The van der Waals surface area contributed by atoms with Gasteiger partial charge in [-0.3, -0.25) is 14.7 Å². The van der Waals surface area contributed by atoms with E-state index in [4.69, 9.17) is 9.47 Å². The molecule has 1 aromatic heterocycles. The van der Waals surface area contributed by atoms with Gasteiger partial charge in [-0.25, -0.2) is 4.79 Å². The van der Waals surface area contributed by atoms with Crippen LogP contribution in [0.3, 0.4) is 0 Å². The van der Waals surface area contributed by atoms with Crippen molar-refractivity contribution >= 4 is 23.7 Å². The van der Waals surface area contributed by atoms with Crippen LogP contribution in [0.1, 0.15) is 16.6 Å². The molecule has 0 aliphatic carbocycles. The highest BCUT2D eigenvalue weighted by atomic mass is 32.2. The number of nitrogens with zero attached hydrogens (tertiary/aromatic N) is 3. The maximum absolute atomic E-state index is 12.9. The quantitative estimate of drug-likeness (QED) is 0.348. The Morgan fingerprint density at radius 2 is 1.82 bits per heavy atom. The van der Waals surface area contributed by atoms with Gasteiger partial charge in [-0.1, -0.05) is 48.2 Å². The highest BCUT2D eigenvalue weighted by molar-refractivity contribution is 8.00. The zero-order valence-corrected chi connectivity index (χ0v) is 19.2. The Hall–Kier alpha value is -3.79. The minimum atomic E-state index is -0.716. The van der Waals surface area contributed by atoms with E-state index in [1.165, 1.54) is 18.8 Å². The first kappa shape index (κ1) is 23.9. The fraction of sp³-hybridized carbons (Fsp3) is 0.217. The summed E-state index contributed by atoms with van der Waals surface area (Å²) in [6.07, 6.45) is 1.71. The number of amides is 3. The SMILES string of the molecule is C=CCn1c(COc2ccc(OC)cc2)nnc1S[C@H](C(=O)NC(=O)NC)c1ccccc1. The van der Waals surface area contributed by atoms with Crippen LogP contribution in [0, 0.1) is 0 Å². The second-order valence-corrected chi connectivity index (χ2v) is 7.81. The molecular formula is C23H25N5O4S. The van der Waals surface area contributed by atoms with Gasteiger partial charge in [0.25, 0.3) is 0 Å². The summed E-state index contributed by atoms with van der Waals surface area (Å²) in [6.45, 7) is 4.41. The molecule has 0 bridgehead atoms. The van der Waals surface area contributed by atoms with Crippen LogP contribution in [0.4, 0.5) is 4.79 Å². The van der Waals surface area contributed by atoms with Gasteiger partial charge in [0, 0.05) is 13.6 Å². The summed E-state index contributed by atoms with van der Waals surface area (Å²) in [4.78, 5) is 24.6. The molecule has 0 fully saturated rings. The molecule has 172 valence electrons. The number of thioether (sulfide) groups is 1. The van der Waals surface area contributed by atoms with Gasteiger partial charge in [-0.15, -0.1) is 16.8 Å². The zero-order valence-electron chi connectivity index (χ0n) is 18.4. The lowest BCUT2D eigenvalue weighted by Gasteiger charge is -2.16. The topological polar surface area (TPSA) is 107 Å². The summed E-state index contributed by atoms with van der Waals surface area (Å²) in [5.74, 6) is 1.50. The van der Waals surface area contributed by atoms with E-state index < -0.39 is 17.2 Å². The van der Waals surface area contributed by atoms with E-state index >= 15 is 0 Å². The van der Waals surface area contributed by atoms with E-state index in [-0.39, 0.29) is 6.61 Å². The maximum Gasteiger partial charge on any atom is 0.321 e. The summed E-state index contributed by atoms with van der Waals surface area (Å²) in [6, 6.07) is 15.8. The first-order valence-electron chi connectivity index (χ1n) is 10.1. The average Bonchev–Trinajstić information content (AvgIpc) is 3.23. The normalized spacial score (nSPS) is 11.3. The summed E-state index contributed by atoms with van der Waals surface area (Å²) < 4.78 is 12.8. The summed E-state index contributed by atoms with van der Waals surface area (Å²) >= 11 is 1.19. The molecule has 0 radical (unpaired) electrons. The Kier molecular flexibility index (Phi) is 8.48. The molecule has 0 unspecified atom stereocenters. The van der Waals surface area contributed by atoms with Crippen molar-refractivity contribution in [3.05, 3.63) is 78.6 Å². The Labute approximate surface area is 196 Å². The molecule has 9 nitrogen and oxygen atoms in total. The summed E-state index contributed by atoms with van der Waals surface area (Å²) in [5, 5.41) is 13.0. The molecule has 2 aromatic carbocycles. The zero-order chi connectivity index (χ0) is 23.6. The van der Waals surface area contributed by atoms with Crippen molar-refractivity contribution in [3.8, 4) is 11.5 Å². The number of methoxy groups -OCH3 is 1. The van der Waals surface area contributed by atoms with Crippen molar-refractivity contribution < 1.29 is 19.1 Å². The number of imide groups is 1. The van der Waals surface area contributed by atoms with E-state index in [1.807, 2.05) is 34.9 Å². The van der Waals surface area contributed by atoms with Crippen LogP contribution in [-0.4, -0.2) is 40.9 Å². The highest BCUT2D eigenvalue weighted by Crippen LogP contribution is 2.35. The molecule has 0 spiro atoms. The van der Waals surface area contributed by atoms with Crippen molar-refractivity contribution in [2.45, 2.75) is 23.6 Å². The fourth-order valence-electron chi connectivity index (χ4n) is 2.89. The van der Waals surface area contributed by atoms with Crippen molar-refractivity contribution in [1.82, 2.24) is 25.4 Å². The number of hydrogen-bond acceptors (Lipinski definition) is 7. The van der Waals surface area contributed by atoms with Crippen molar-refractivity contribution in [2.24, 2.45) is 0 Å².